The molecular weight excluding hydrogens is 520 g/mol. The van der Waals surface area contributed by atoms with Gasteiger partial charge >= 0.3 is 5.97 Å². The summed E-state index contributed by atoms with van der Waals surface area (Å²) in [4.78, 5) is 44.3. The summed E-state index contributed by atoms with van der Waals surface area (Å²) < 4.78 is 0. The molecule has 5 rings (SSSR count). The van der Waals surface area contributed by atoms with Gasteiger partial charge in [0.25, 0.3) is 0 Å². The van der Waals surface area contributed by atoms with E-state index in [0.29, 0.717) is 23.5 Å². The zero-order valence-corrected chi connectivity index (χ0v) is 23.4. The number of imidazole rings is 1. The van der Waals surface area contributed by atoms with E-state index in [0.717, 1.165) is 50.3 Å². The van der Waals surface area contributed by atoms with Crippen LogP contribution in [0.15, 0.2) is 61.3 Å². The van der Waals surface area contributed by atoms with Crippen molar-refractivity contribution in [2.24, 2.45) is 5.73 Å². The molecule has 41 heavy (non-hydrogen) atoms. The van der Waals surface area contributed by atoms with Crippen LogP contribution in [0.3, 0.4) is 0 Å². The average molecular weight is 557 g/mol. The Morgan fingerprint density at radius 3 is 2.59 bits per heavy atom. The molecule has 5 N–H and O–H groups in total. The number of aromatic nitrogens is 5. The van der Waals surface area contributed by atoms with Crippen LogP contribution in [0.4, 0.5) is 0 Å². The van der Waals surface area contributed by atoms with Gasteiger partial charge in [-0.1, -0.05) is 18.2 Å². The zero-order valence-electron chi connectivity index (χ0n) is 23.4. The van der Waals surface area contributed by atoms with Crippen molar-refractivity contribution in [1.82, 2.24) is 35.1 Å². The number of amides is 1. The number of hydrogen-bond acceptors (Lipinski definition) is 8. The van der Waals surface area contributed by atoms with Crippen LogP contribution in [0.5, 0.6) is 0 Å². The number of benzene rings is 1. The molecule has 0 saturated carbocycles. The molecule has 11 heteroatoms. The van der Waals surface area contributed by atoms with Gasteiger partial charge in [-0.2, -0.15) is 0 Å². The number of carbonyl (C=O) groups is 2. The lowest BCUT2D eigenvalue weighted by atomic mass is 9.90. The maximum absolute atomic E-state index is 11.6. The number of aromatic carboxylic acids is 1. The summed E-state index contributed by atoms with van der Waals surface area (Å²) in [5.41, 5.74) is 10.8. The van der Waals surface area contributed by atoms with Crippen LogP contribution in [0.25, 0.3) is 0 Å². The fourth-order valence-corrected chi connectivity index (χ4v) is 5.07. The van der Waals surface area contributed by atoms with Gasteiger partial charge in [0.2, 0.25) is 5.91 Å². The molecule has 1 aliphatic rings. The molecule has 1 amide bonds. The molecule has 0 fully saturated rings. The molecule has 11 nitrogen and oxygen atoms in total. The Morgan fingerprint density at radius 1 is 1.10 bits per heavy atom. The van der Waals surface area contributed by atoms with E-state index in [-0.39, 0.29) is 11.6 Å². The maximum Gasteiger partial charge on any atom is 0.339 e. The summed E-state index contributed by atoms with van der Waals surface area (Å²) in [6.45, 7) is 6.44. The number of nitrogens with two attached hydrogens (primary N) is 1. The number of nitrogens with one attached hydrogen (secondary N) is 2. The van der Waals surface area contributed by atoms with Crippen molar-refractivity contribution < 1.29 is 14.7 Å². The Bertz CT molecular complexity index is 1440. The van der Waals surface area contributed by atoms with E-state index in [4.69, 9.17) is 15.8 Å². The molecule has 1 unspecified atom stereocenters. The molecule has 3 heterocycles. The van der Waals surface area contributed by atoms with Crippen LogP contribution < -0.4 is 11.1 Å². The molecule has 0 saturated heterocycles. The number of rotatable bonds is 10. The van der Waals surface area contributed by atoms with E-state index in [1.54, 1.807) is 26.1 Å². The van der Waals surface area contributed by atoms with Crippen LogP contribution in [-0.2, 0) is 19.5 Å². The Kier molecular flexibility index (Phi) is 10.2. The standard InChI is InChI=1S/C23H28N6O.C7H8N2O2/c24-23(30)19-6-1-4-17(14-19)16-29(13-12-25-15-21-26-10-11-27-21)20-8-2-5-18-7-3-9-28-22(18)20;1-4-6(7(10)11)5(2)9-3-8-4/h1,3-4,6-7,9-11,14,20,25H,2,5,8,12-13,15-16H2,(H2,24,30)(H,26,27);3H,1-2H3,(H,10,11). The summed E-state index contributed by atoms with van der Waals surface area (Å²) in [5.74, 6) is -0.436. The summed E-state index contributed by atoms with van der Waals surface area (Å²) in [6.07, 6.45) is 10.2. The lowest BCUT2D eigenvalue weighted by Gasteiger charge is -2.35. The highest BCUT2D eigenvalue weighted by atomic mass is 16.4. The van der Waals surface area contributed by atoms with Crippen LogP contribution in [-0.4, -0.2) is 59.9 Å². The first-order valence-electron chi connectivity index (χ1n) is 13.6. The van der Waals surface area contributed by atoms with Gasteiger partial charge in [-0.15, -0.1) is 0 Å². The SMILES string of the molecule is Cc1ncnc(C)c1C(=O)O.NC(=O)c1cccc(CN(CCNCc2ncc[nH]2)C2CCCc3cccnc32)c1. The molecule has 3 aromatic heterocycles. The fourth-order valence-electron chi connectivity index (χ4n) is 5.07. The second kappa shape index (κ2) is 14.2. The molecule has 1 aliphatic carbocycles. The lowest BCUT2D eigenvalue weighted by molar-refractivity contribution is 0.0694. The molecular formula is C30H36N8O3. The number of nitrogens with zero attached hydrogens (tertiary/aromatic N) is 5. The van der Waals surface area contributed by atoms with Gasteiger partial charge in [0.1, 0.15) is 17.7 Å². The maximum atomic E-state index is 11.6. The van der Waals surface area contributed by atoms with Gasteiger partial charge < -0.3 is 21.1 Å². The summed E-state index contributed by atoms with van der Waals surface area (Å²) >= 11 is 0. The van der Waals surface area contributed by atoms with E-state index in [2.05, 4.69) is 42.3 Å². The van der Waals surface area contributed by atoms with Gasteiger partial charge in [-0.05, 0) is 62.4 Å². The number of carboxylic acids is 1. The van der Waals surface area contributed by atoms with E-state index in [1.165, 1.54) is 17.6 Å². The van der Waals surface area contributed by atoms with Gasteiger partial charge in [-0.3, -0.25) is 14.7 Å². The number of carboxylic acid groups (broad SMARTS) is 1. The summed E-state index contributed by atoms with van der Waals surface area (Å²) in [6, 6.07) is 12.1. The highest BCUT2D eigenvalue weighted by Gasteiger charge is 2.27. The molecule has 0 spiro atoms. The Labute approximate surface area is 239 Å². The first-order valence-corrected chi connectivity index (χ1v) is 13.6. The fraction of sp³-hybridized carbons (Fsp3) is 0.333. The minimum atomic E-state index is -0.972. The van der Waals surface area contributed by atoms with Gasteiger partial charge in [0.05, 0.1) is 29.7 Å². The van der Waals surface area contributed by atoms with Crippen molar-refractivity contribution in [2.75, 3.05) is 13.1 Å². The number of hydrogen-bond donors (Lipinski definition) is 4. The lowest BCUT2D eigenvalue weighted by Crippen LogP contribution is -2.37. The number of primary amides is 1. The van der Waals surface area contributed by atoms with E-state index in [9.17, 15) is 9.59 Å². The third-order valence-electron chi connectivity index (χ3n) is 7.07. The number of aromatic amines is 1. The smallest absolute Gasteiger partial charge is 0.339 e. The second-order valence-corrected chi connectivity index (χ2v) is 9.93. The molecule has 1 atom stereocenters. The summed E-state index contributed by atoms with van der Waals surface area (Å²) in [7, 11) is 0. The molecule has 0 aliphatic heterocycles. The summed E-state index contributed by atoms with van der Waals surface area (Å²) in [5, 5.41) is 12.1. The number of carbonyl (C=O) groups excluding carboxylic acids is 1. The quantitative estimate of drug-likeness (QED) is 0.214. The molecule has 0 bridgehead atoms. The average Bonchev–Trinajstić information content (AvgIpc) is 3.48. The predicted molar refractivity (Wildman–Crippen MR) is 154 cm³/mol. The van der Waals surface area contributed by atoms with Gasteiger partial charge in [-0.25, -0.2) is 19.7 Å². The third kappa shape index (κ3) is 8.03. The zero-order chi connectivity index (χ0) is 29.2. The first kappa shape index (κ1) is 29.5. The minimum Gasteiger partial charge on any atom is -0.478 e. The van der Waals surface area contributed by atoms with Crippen molar-refractivity contribution in [3.05, 3.63) is 106 Å². The van der Waals surface area contributed by atoms with Crippen LogP contribution in [0, 0.1) is 13.8 Å². The molecule has 0 radical (unpaired) electrons. The highest BCUT2D eigenvalue weighted by Crippen LogP contribution is 2.33. The molecule has 1 aromatic carbocycles. The largest absolute Gasteiger partial charge is 0.478 e. The van der Waals surface area contributed by atoms with Gasteiger partial charge in [0.15, 0.2) is 0 Å². The van der Waals surface area contributed by atoms with Crippen LogP contribution >= 0.6 is 0 Å². The second-order valence-electron chi connectivity index (χ2n) is 9.93. The van der Waals surface area contributed by atoms with Gasteiger partial charge in [0, 0.05) is 43.8 Å². The Morgan fingerprint density at radius 2 is 1.90 bits per heavy atom. The van der Waals surface area contributed by atoms with Crippen molar-refractivity contribution >= 4 is 11.9 Å². The Hall–Kier alpha value is -4.48. The normalized spacial score (nSPS) is 14.2. The van der Waals surface area contributed by atoms with Crippen LogP contribution in [0.2, 0.25) is 0 Å². The molecule has 4 aromatic rings. The molecule has 214 valence electrons. The Balaban J connectivity index is 0.000000296. The van der Waals surface area contributed by atoms with E-state index < -0.39 is 11.9 Å². The van der Waals surface area contributed by atoms with Crippen molar-refractivity contribution in [1.29, 1.82) is 0 Å². The number of aryl methyl sites for hydroxylation is 3. The third-order valence-corrected chi connectivity index (χ3v) is 7.07. The number of pyridine rings is 1. The van der Waals surface area contributed by atoms with Crippen molar-refractivity contribution in [3.8, 4) is 0 Å². The minimum absolute atomic E-state index is 0.201. The van der Waals surface area contributed by atoms with E-state index in [1.807, 2.05) is 30.6 Å². The van der Waals surface area contributed by atoms with E-state index >= 15 is 0 Å². The first-order chi connectivity index (χ1) is 19.8. The number of H-pyrrole nitrogens is 1. The van der Waals surface area contributed by atoms with Crippen molar-refractivity contribution in [2.45, 2.75) is 52.2 Å². The van der Waals surface area contributed by atoms with Crippen LogP contribution in [0.1, 0.15) is 73.6 Å². The topological polar surface area (TPSA) is 163 Å². The predicted octanol–water partition coefficient (Wildman–Crippen LogP) is 3.36. The number of fused-ring (bicyclic) bond motifs is 1. The monoisotopic (exact) mass is 556 g/mol. The highest BCUT2D eigenvalue weighted by molar-refractivity contribution is 5.92. The van der Waals surface area contributed by atoms with Crippen molar-refractivity contribution in [3.63, 3.8) is 0 Å².